The van der Waals surface area contributed by atoms with Crippen molar-refractivity contribution in [2.75, 3.05) is 26.2 Å². The van der Waals surface area contributed by atoms with Crippen molar-refractivity contribution in [1.29, 1.82) is 0 Å². The van der Waals surface area contributed by atoms with Crippen LogP contribution in [-0.2, 0) is 29.0 Å². The van der Waals surface area contributed by atoms with E-state index in [4.69, 9.17) is 29.8 Å². The van der Waals surface area contributed by atoms with E-state index in [1.54, 1.807) is 0 Å². The zero-order valence-electron chi connectivity index (χ0n) is 28.1. The van der Waals surface area contributed by atoms with Gasteiger partial charge in [0.1, 0.15) is 0 Å². The van der Waals surface area contributed by atoms with Crippen LogP contribution in [0.3, 0.4) is 0 Å². The van der Waals surface area contributed by atoms with Crippen molar-refractivity contribution in [2.24, 2.45) is 0 Å². The van der Waals surface area contributed by atoms with Crippen LogP contribution in [0.4, 0.5) is 0 Å². The summed E-state index contributed by atoms with van der Waals surface area (Å²) < 4.78 is 36.2. The molecule has 0 amide bonds. The minimum absolute atomic E-state index is 1.37. The second-order valence-electron chi connectivity index (χ2n) is 12.0. The van der Waals surface area contributed by atoms with Gasteiger partial charge in [0.05, 0.1) is 26.2 Å². The molecule has 0 aliphatic heterocycles. The summed E-state index contributed by atoms with van der Waals surface area (Å²) in [5.74, 6) is 0. The summed E-state index contributed by atoms with van der Waals surface area (Å²) in [5, 5.41) is 0. The number of quaternary nitrogens is 1. The van der Waals surface area contributed by atoms with Gasteiger partial charge in [-0.05, 0) is 51.4 Å². The fourth-order valence-corrected chi connectivity index (χ4v) is 5.58. The fourth-order valence-electron chi connectivity index (χ4n) is 5.58. The number of unbranched alkanes of at least 4 members (excludes halogenated alkanes) is 20. The summed E-state index contributed by atoms with van der Waals surface area (Å²) in [4.78, 5) is 21.6. The molecule has 0 saturated carbocycles. The predicted molar refractivity (Wildman–Crippen MR) is 169 cm³/mol. The molecule has 42 heavy (non-hydrogen) atoms. The molecule has 0 unspecified atom stereocenters. The molecule has 0 bridgehead atoms. The number of hydrogen-bond donors (Lipinski definition) is 3. The Bertz CT molecular complexity index is 559. The van der Waals surface area contributed by atoms with Gasteiger partial charge in [-0.15, -0.1) is 0 Å². The molecule has 0 aliphatic carbocycles. The number of rotatable bonds is 28. The summed E-state index contributed by atoms with van der Waals surface area (Å²) in [7, 11) is -4.64. The first-order chi connectivity index (χ1) is 20.0. The van der Waals surface area contributed by atoms with Crippen molar-refractivity contribution in [3.63, 3.8) is 0 Å². The van der Waals surface area contributed by atoms with Gasteiger partial charge in [0.25, 0.3) is 0 Å². The van der Waals surface area contributed by atoms with Gasteiger partial charge in [-0.3, -0.25) is 0 Å². The maximum absolute atomic E-state index is 8.88. The molecule has 0 fully saturated rings. The van der Waals surface area contributed by atoms with E-state index in [-0.39, 0.29) is 0 Å². The Morgan fingerprint density at radius 2 is 0.595 bits per heavy atom. The van der Waals surface area contributed by atoms with E-state index in [0.29, 0.717) is 0 Å². The Kier molecular flexibility index (Phi) is 39.8. The van der Waals surface area contributed by atoms with Crippen LogP contribution in [0.1, 0.15) is 182 Å². The molecule has 0 spiro atoms. The van der Waals surface area contributed by atoms with Crippen LogP contribution in [0, 0.1) is 0 Å². The van der Waals surface area contributed by atoms with Crippen LogP contribution in [0.15, 0.2) is 0 Å². The van der Waals surface area contributed by atoms with Crippen molar-refractivity contribution in [3.8, 4) is 0 Å². The Morgan fingerprint density at radius 1 is 0.452 bits per heavy atom. The molecule has 0 aromatic rings. The van der Waals surface area contributed by atoms with Crippen LogP contribution in [0.2, 0.25) is 0 Å². The van der Waals surface area contributed by atoms with Crippen molar-refractivity contribution >= 4 is 7.82 Å². The van der Waals surface area contributed by atoms with Crippen LogP contribution in [0.25, 0.3) is 0 Å². The Morgan fingerprint density at radius 3 is 0.762 bits per heavy atom. The van der Waals surface area contributed by atoms with E-state index >= 15 is 0 Å². The van der Waals surface area contributed by atoms with Gasteiger partial charge in [-0.1, -0.05) is 130 Å². The van der Waals surface area contributed by atoms with Gasteiger partial charge >= 0.3 is 36.0 Å². The van der Waals surface area contributed by atoms with Crippen molar-refractivity contribution in [3.05, 3.63) is 0 Å². The van der Waals surface area contributed by atoms with Gasteiger partial charge in [0.2, 0.25) is 0 Å². The number of nitrogens with zero attached hydrogens (tertiary/aromatic N) is 1. The van der Waals surface area contributed by atoms with E-state index < -0.39 is 25.4 Å². The molecule has 0 aromatic carbocycles. The molecule has 10 heteroatoms. The van der Waals surface area contributed by atoms with E-state index in [2.05, 4.69) is 27.7 Å². The third kappa shape index (κ3) is 47.3. The SMILES string of the molecule is CCCCCCCC[N+](CCCCCCCC)(CCCCCCCC)CCCCCCCC.O=P(O)(O)O.[O]=[W](=[O])[O-]. The summed E-state index contributed by atoms with van der Waals surface area (Å²) in [6.45, 7) is 15.3. The maximum atomic E-state index is 8.88. The summed E-state index contributed by atoms with van der Waals surface area (Å²) in [6, 6.07) is 0. The standard InChI is InChI=1S/C32H68N.H3O4P.3O.W/c1-5-9-13-17-21-25-29-33(30-26-22-18-14-10-6-2,31-27-23-19-15-11-7-3)32-28-24-20-16-12-8-4;1-5(2,3)4;;;;/h5-32H2,1-4H3;(H3,1,2,3,4);;;;/q+1;;;;-1;. The van der Waals surface area contributed by atoms with E-state index in [9.17, 15) is 0 Å². The minimum atomic E-state index is -4.64. The van der Waals surface area contributed by atoms with Crippen molar-refractivity contribution in [1.82, 2.24) is 0 Å². The van der Waals surface area contributed by atoms with Crippen LogP contribution < -0.4 is 3.76 Å². The van der Waals surface area contributed by atoms with Gasteiger partial charge < -0.3 is 19.2 Å². The number of hydrogen-bond acceptors (Lipinski definition) is 4. The van der Waals surface area contributed by atoms with Crippen molar-refractivity contribution < 1.29 is 51.9 Å². The zero-order valence-corrected chi connectivity index (χ0v) is 31.9. The van der Waals surface area contributed by atoms with Gasteiger partial charge in [-0.25, -0.2) is 4.57 Å². The second kappa shape index (κ2) is 35.8. The van der Waals surface area contributed by atoms with Crippen LogP contribution in [-0.4, -0.2) is 45.3 Å². The Labute approximate surface area is 266 Å². The molecule has 0 aromatic heterocycles. The molecule has 0 aliphatic rings. The monoisotopic (exact) mass is 796 g/mol. The molecule has 8 nitrogen and oxygen atoms in total. The van der Waals surface area contributed by atoms with Gasteiger partial charge in [0, 0.05) is 0 Å². The zero-order chi connectivity index (χ0) is 32.4. The molecule has 0 atom stereocenters. The van der Waals surface area contributed by atoms with E-state index in [0.717, 1.165) is 0 Å². The topological polar surface area (TPSA) is 135 Å². The molecular formula is C32H71NO7PW. The second-order valence-corrected chi connectivity index (χ2v) is 14.5. The molecule has 0 heterocycles. The summed E-state index contributed by atoms with van der Waals surface area (Å²) in [6.07, 6.45) is 34.8. The average Bonchev–Trinajstić information content (AvgIpc) is 2.91. The van der Waals surface area contributed by atoms with Crippen LogP contribution >= 0.6 is 7.82 Å². The Hall–Kier alpha value is 0.318. The van der Waals surface area contributed by atoms with Crippen LogP contribution in [0.5, 0.6) is 0 Å². The molecule has 0 radical (unpaired) electrons. The van der Waals surface area contributed by atoms with Gasteiger partial charge in [0.15, 0.2) is 0 Å². The molecule has 0 rings (SSSR count). The average molecular weight is 797 g/mol. The third-order valence-corrected chi connectivity index (χ3v) is 7.94. The first-order valence-electron chi connectivity index (χ1n) is 17.4. The van der Waals surface area contributed by atoms with E-state index in [1.165, 1.54) is 185 Å². The molecular weight excluding hydrogens is 725 g/mol. The first-order valence-corrected chi connectivity index (χ1v) is 22.5. The molecule has 257 valence electrons. The summed E-state index contributed by atoms with van der Waals surface area (Å²) in [5.41, 5.74) is 0. The molecule has 3 N–H and O–H groups in total. The predicted octanol–water partition coefficient (Wildman–Crippen LogP) is 8.89. The van der Waals surface area contributed by atoms with Gasteiger partial charge in [-0.2, -0.15) is 0 Å². The third-order valence-electron chi connectivity index (χ3n) is 7.94. The number of phosphoric acid groups is 1. The van der Waals surface area contributed by atoms with Crippen molar-refractivity contribution in [2.45, 2.75) is 182 Å². The van der Waals surface area contributed by atoms with E-state index in [1.807, 2.05) is 0 Å². The molecule has 0 saturated heterocycles. The first kappa shape index (κ1) is 46.7. The Balaban J connectivity index is -0.00000146. The fraction of sp³-hybridized carbons (Fsp3) is 1.00. The summed E-state index contributed by atoms with van der Waals surface area (Å²) >= 11 is -4.28. The normalized spacial score (nSPS) is 11.4. The quantitative estimate of drug-likeness (QED) is 0.0409.